The normalized spacial score (nSPS) is 11.3. The van der Waals surface area contributed by atoms with Crippen LogP contribution < -0.4 is 5.32 Å². The summed E-state index contributed by atoms with van der Waals surface area (Å²) in [7, 11) is 1.85. The van der Waals surface area contributed by atoms with E-state index in [2.05, 4.69) is 44.4 Å². The van der Waals surface area contributed by atoms with Gasteiger partial charge in [0.05, 0.1) is 35.9 Å². The van der Waals surface area contributed by atoms with Crippen LogP contribution in [0.1, 0.15) is 37.5 Å². The maximum Gasteiger partial charge on any atom is 0.263 e. The zero-order valence-corrected chi connectivity index (χ0v) is 15.4. The Balaban J connectivity index is 1.72. The number of anilines is 1. The van der Waals surface area contributed by atoms with Crippen molar-refractivity contribution in [1.29, 1.82) is 0 Å². The molecular formula is C17H23N7O2. The van der Waals surface area contributed by atoms with Crippen molar-refractivity contribution in [3.8, 4) is 17.1 Å². The fourth-order valence-electron chi connectivity index (χ4n) is 2.45. The maximum atomic E-state index is 9.61. The molecule has 9 heteroatoms. The van der Waals surface area contributed by atoms with Crippen molar-refractivity contribution >= 4 is 5.95 Å². The van der Waals surface area contributed by atoms with Crippen molar-refractivity contribution in [1.82, 2.24) is 29.9 Å². The first-order valence-corrected chi connectivity index (χ1v) is 8.54. The van der Waals surface area contributed by atoms with Crippen molar-refractivity contribution in [3.05, 3.63) is 29.7 Å². The van der Waals surface area contributed by atoms with Gasteiger partial charge in [-0.25, -0.2) is 9.97 Å². The van der Waals surface area contributed by atoms with E-state index in [1.54, 1.807) is 17.8 Å². The number of aromatic nitrogens is 6. The highest BCUT2D eigenvalue weighted by Gasteiger charge is 2.15. The number of nitrogens with one attached hydrogen (secondary N) is 1. The summed E-state index contributed by atoms with van der Waals surface area (Å²) in [5.41, 5.74) is 2.18. The third kappa shape index (κ3) is 3.98. The number of aromatic hydroxyl groups is 1. The summed E-state index contributed by atoms with van der Waals surface area (Å²) in [5.74, 6) is 2.24. The molecule has 0 saturated carbocycles. The second kappa shape index (κ2) is 7.51. The topological polar surface area (TPSA) is 115 Å². The molecule has 2 N–H and O–H groups in total. The Morgan fingerprint density at radius 3 is 2.81 bits per heavy atom. The first-order chi connectivity index (χ1) is 12.4. The minimum Gasteiger partial charge on any atom is -0.504 e. The molecule has 0 atom stereocenters. The lowest BCUT2D eigenvalue weighted by Crippen LogP contribution is -2.08. The number of nitrogens with zero attached hydrogens (tertiary/aromatic N) is 6. The lowest BCUT2D eigenvalue weighted by molar-refractivity contribution is 0.368. The van der Waals surface area contributed by atoms with E-state index in [4.69, 9.17) is 4.52 Å². The van der Waals surface area contributed by atoms with Gasteiger partial charge >= 0.3 is 0 Å². The summed E-state index contributed by atoms with van der Waals surface area (Å²) in [5, 5.41) is 21.0. The van der Waals surface area contributed by atoms with Crippen LogP contribution in [0.3, 0.4) is 0 Å². The number of aryl methyl sites for hydroxylation is 3. The molecule has 138 valence electrons. The molecule has 0 saturated heterocycles. The van der Waals surface area contributed by atoms with E-state index < -0.39 is 0 Å². The molecule has 0 radical (unpaired) electrons. The monoisotopic (exact) mass is 357 g/mol. The molecule has 0 aliphatic heterocycles. The molecule has 0 fully saturated rings. The molecule has 3 rings (SSSR count). The van der Waals surface area contributed by atoms with Crippen molar-refractivity contribution in [3.63, 3.8) is 0 Å². The summed E-state index contributed by atoms with van der Waals surface area (Å²) in [6.07, 6.45) is 4.87. The van der Waals surface area contributed by atoms with Gasteiger partial charge in [0.25, 0.3) is 5.95 Å². The Kier molecular flexibility index (Phi) is 5.15. The first-order valence-electron chi connectivity index (χ1n) is 8.54. The van der Waals surface area contributed by atoms with Crippen LogP contribution in [0.2, 0.25) is 0 Å². The fourth-order valence-corrected chi connectivity index (χ4v) is 2.45. The molecule has 0 aliphatic carbocycles. The van der Waals surface area contributed by atoms with Gasteiger partial charge in [0.2, 0.25) is 5.89 Å². The molecule has 0 amide bonds. The van der Waals surface area contributed by atoms with E-state index in [0.717, 1.165) is 24.1 Å². The smallest absolute Gasteiger partial charge is 0.263 e. The minimum atomic E-state index is 0.0676. The van der Waals surface area contributed by atoms with E-state index >= 15 is 0 Å². The molecule has 0 aromatic carbocycles. The van der Waals surface area contributed by atoms with Gasteiger partial charge in [-0.15, -0.1) is 0 Å². The summed E-state index contributed by atoms with van der Waals surface area (Å²) < 4.78 is 7.00. The summed E-state index contributed by atoms with van der Waals surface area (Å²) in [6.45, 7) is 6.49. The molecule has 0 bridgehead atoms. The van der Waals surface area contributed by atoms with Crippen LogP contribution >= 0.6 is 0 Å². The molecule has 0 unspecified atom stereocenters. The van der Waals surface area contributed by atoms with Crippen LogP contribution in [-0.2, 0) is 20.0 Å². The van der Waals surface area contributed by atoms with Gasteiger partial charge in [0.15, 0.2) is 11.6 Å². The Bertz CT molecular complexity index is 885. The molecular weight excluding hydrogens is 334 g/mol. The standard InChI is InChI=1S/C17H23N7O2/c1-10(2)5-6-15-22-17(23-26-15)19-8-13-12(7-20-24(13)4)16-18-9-14(25)11(3)21-16/h7,9-10,25H,5-6,8H2,1-4H3,(H,19,23). The molecule has 0 spiro atoms. The highest BCUT2D eigenvalue weighted by molar-refractivity contribution is 5.58. The first kappa shape index (κ1) is 17.8. The molecule has 0 aliphatic rings. The number of hydrogen-bond donors (Lipinski definition) is 2. The van der Waals surface area contributed by atoms with E-state index in [0.29, 0.717) is 35.8 Å². The van der Waals surface area contributed by atoms with E-state index in [9.17, 15) is 5.11 Å². The molecule has 3 aromatic rings. The highest BCUT2D eigenvalue weighted by Crippen LogP contribution is 2.23. The zero-order valence-electron chi connectivity index (χ0n) is 15.4. The lowest BCUT2D eigenvalue weighted by atomic mass is 10.1. The van der Waals surface area contributed by atoms with E-state index in [1.165, 1.54) is 6.20 Å². The second-order valence-corrected chi connectivity index (χ2v) is 6.59. The number of hydrogen-bond acceptors (Lipinski definition) is 8. The van der Waals surface area contributed by atoms with Crippen LogP contribution in [0.15, 0.2) is 16.9 Å². The predicted molar refractivity (Wildman–Crippen MR) is 95.4 cm³/mol. The van der Waals surface area contributed by atoms with Gasteiger partial charge in [0, 0.05) is 13.5 Å². The van der Waals surface area contributed by atoms with Gasteiger partial charge in [0.1, 0.15) is 0 Å². The average molecular weight is 357 g/mol. The van der Waals surface area contributed by atoms with E-state index in [-0.39, 0.29) is 5.75 Å². The largest absolute Gasteiger partial charge is 0.504 e. The minimum absolute atomic E-state index is 0.0676. The molecule has 3 heterocycles. The van der Waals surface area contributed by atoms with Gasteiger partial charge in [-0.2, -0.15) is 10.1 Å². The quantitative estimate of drug-likeness (QED) is 0.663. The van der Waals surface area contributed by atoms with Gasteiger partial charge in [-0.3, -0.25) is 4.68 Å². The van der Waals surface area contributed by atoms with Crippen LogP contribution in [0.25, 0.3) is 11.4 Å². The van der Waals surface area contributed by atoms with Crippen LogP contribution in [0.4, 0.5) is 5.95 Å². The Morgan fingerprint density at radius 1 is 1.27 bits per heavy atom. The van der Waals surface area contributed by atoms with Crippen molar-refractivity contribution in [2.45, 2.75) is 40.2 Å². The van der Waals surface area contributed by atoms with Crippen LogP contribution in [0.5, 0.6) is 5.75 Å². The molecule has 3 aromatic heterocycles. The second-order valence-electron chi connectivity index (χ2n) is 6.59. The SMILES string of the molecule is Cc1nc(-c2cnn(C)c2CNc2noc(CCC(C)C)n2)ncc1O. The Hall–Kier alpha value is -2.97. The Morgan fingerprint density at radius 2 is 2.08 bits per heavy atom. The maximum absolute atomic E-state index is 9.61. The van der Waals surface area contributed by atoms with Crippen molar-refractivity contribution in [2.24, 2.45) is 13.0 Å². The average Bonchev–Trinajstić information content (AvgIpc) is 3.20. The lowest BCUT2D eigenvalue weighted by Gasteiger charge is -2.06. The predicted octanol–water partition coefficient (Wildman–Crippen LogP) is 2.47. The highest BCUT2D eigenvalue weighted by atomic mass is 16.5. The summed E-state index contributed by atoms with van der Waals surface area (Å²) >= 11 is 0. The summed E-state index contributed by atoms with van der Waals surface area (Å²) in [6, 6.07) is 0. The summed E-state index contributed by atoms with van der Waals surface area (Å²) in [4.78, 5) is 12.9. The third-order valence-corrected chi connectivity index (χ3v) is 4.07. The van der Waals surface area contributed by atoms with E-state index in [1.807, 2.05) is 7.05 Å². The van der Waals surface area contributed by atoms with Gasteiger partial charge in [-0.1, -0.05) is 13.8 Å². The van der Waals surface area contributed by atoms with Crippen LogP contribution in [-0.4, -0.2) is 35.0 Å². The van der Waals surface area contributed by atoms with Gasteiger partial charge < -0.3 is 14.9 Å². The van der Waals surface area contributed by atoms with Crippen LogP contribution in [0, 0.1) is 12.8 Å². The zero-order chi connectivity index (χ0) is 18.7. The van der Waals surface area contributed by atoms with Crippen molar-refractivity contribution in [2.75, 3.05) is 5.32 Å². The van der Waals surface area contributed by atoms with Gasteiger partial charge in [-0.05, 0) is 24.4 Å². The third-order valence-electron chi connectivity index (χ3n) is 4.07. The molecule has 9 nitrogen and oxygen atoms in total. The molecule has 26 heavy (non-hydrogen) atoms. The fraction of sp³-hybridized carbons (Fsp3) is 0.471. The van der Waals surface area contributed by atoms with Crippen molar-refractivity contribution < 1.29 is 9.63 Å². The number of rotatable bonds is 7. The Labute approximate surface area is 151 Å².